The van der Waals surface area contributed by atoms with E-state index in [1.54, 1.807) is 7.11 Å². The molecule has 1 atom stereocenters. The molecule has 0 fully saturated rings. The molecule has 2 nitrogen and oxygen atoms in total. The molecule has 0 spiro atoms. The van der Waals surface area contributed by atoms with E-state index in [0.717, 1.165) is 27.8 Å². The Morgan fingerprint density at radius 2 is 2.00 bits per heavy atom. The first-order valence-electron chi connectivity index (χ1n) is 6.62. The van der Waals surface area contributed by atoms with Crippen LogP contribution in [0.1, 0.15) is 55.3 Å². The van der Waals surface area contributed by atoms with E-state index in [4.69, 9.17) is 10.5 Å². The Labute approximate surface area is 119 Å². The number of hydrogen-bond acceptors (Lipinski definition) is 2. The van der Waals surface area contributed by atoms with Gasteiger partial charge in [-0.1, -0.05) is 42.1 Å². The lowest BCUT2D eigenvalue weighted by Gasteiger charge is -2.21. The molecule has 3 heteroatoms. The molecule has 0 radical (unpaired) electrons. The lowest BCUT2D eigenvalue weighted by atomic mass is 9.94. The Balaban J connectivity index is 3.05. The standard InChI is InChI=1S/C15H24BrNO/c1-5-6-7-8-13(17)14-11(3)12(16)9-10(2)15(14)18-4/h9,13H,5-8,17H2,1-4H3. The van der Waals surface area contributed by atoms with Crippen molar-refractivity contribution < 1.29 is 4.74 Å². The Kier molecular flexibility index (Phi) is 6.16. The molecular weight excluding hydrogens is 290 g/mol. The maximum absolute atomic E-state index is 6.35. The summed E-state index contributed by atoms with van der Waals surface area (Å²) in [7, 11) is 1.72. The lowest BCUT2D eigenvalue weighted by Crippen LogP contribution is -2.14. The molecule has 0 saturated carbocycles. The predicted molar refractivity (Wildman–Crippen MR) is 81.2 cm³/mol. The van der Waals surface area contributed by atoms with E-state index in [1.165, 1.54) is 24.8 Å². The third-order valence-electron chi connectivity index (χ3n) is 3.40. The van der Waals surface area contributed by atoms with Crippen LogP contribution in [0.3, 0.4) is 0 Å². The van der Waals surface area contributed by atoms with Gasteiger partial charge in [-0.15, -0.1) is 0 Å². The van der Waals surface area contributed by atoms with Gasteiger partial charge >= 0.3 is 0 Å². The normalized spacial score (nSPS) is 12.6. The van der Waals surface area contributed by atoms with Crippen molar-refractivity contribution in [3.63, 3.8) is 0 Å². The maximum atomic E-state index is 6.35. The minimum absolute atomic E-state index is 0.0581. The molecule has 2 N–H and O–H groups in total. The third kappa shape index (κ3) is 3.48. The average molecular weight is 314 g/mol. The first kappa shape index (κ1) is 15.5. The van der Waals surface area contributed by atoms with Gasteiger partial charge in [0.2, 0.25) is 0 Å². The summed E-state index contributed by atoms with van der Waals surface area (Å²) >= 11 is 3.60. The third-order valence-corrected chi connectivity index (χ3v) is 4.23. The fourth-order valence-electron chi connectivity index (χ4n) is 2.35. The zero-order valence-electron chi connectivity index (χ0n) is 11.8. The van der Waals surface area contributed by atoms with Crippen molar-refractivity contribution in [3.8, 4) is 5.75 Å². The molecule has 0 aliphatic rings. The number of methoxy groups -OCH3 is 1. The van der Waals surface area contributed by atoms with Crippen molar-refractivity contribution in [3.05, 3.63) is 27.2 Å². The summed E-state index contributed by atoms with van der Waals surface area (Å²) in [6, 6.07) is 2.15. The zero-order chi connectivity index (χ0) is 13.7. The number of halogens is 1. The average Bonchev–Trinajstić information content (AvgIpc) is 2.33. The smallest absolute Gasteiger partial charge is 0.126 e. The van der Waals surface area contributed by atoms with E-state index < -0.39 is 0 Å². The van der Waals surface area contributed by atoms with Crippen molar-refractivity contribution in [2.24, 2.45) is 5.73 Å². The molecule has 102 valence electrons. The highest BCUT2D eigenvalue weighted by Gasteiger charge is 2.18. The summed E-state index contributed by atoms with van der Waals surface area (Å²) in [4.78, 5) is 0. The van der Waals surface area contributed by atoms with Crippen LogP contribution in [0.5, 0.6) is 5.75 Å². The molecule has 1 aromatic carbocycles. The summed E-state index contributed by atoms with van der Waals surface area (Å²) in [5, 5.41) is 0. The first-order chi connectivity index (χ1) is 8.52. The number of unbranched alkanes of at least 4 members (excludes halogenated alkanes) is 2. The highest BCUT2D eigenvalue weighted by molar-refractivity contribution is 9.10. The highest BCUT2D eigenvalue weighted by Crippen LogP contribution is 2.37. The van der Waals surface area contributed by atoms with Crippen LogP contribution < -0.4 is 10.5 Å². The minimum atomic E-state index is 0.0581. The van der Waals surface area contributed by atoms with Gasteiger partial charge < -0.3 is 10.5 Å². The molecule has 0 saturated heterocycles. The number of nitrogens with two attached hydrogens (primary N) is 1. The van der Waals surface area contributed by atoms with E-state index in [2.05, 4.69) is 42.8 Å². The summed E-state index contributed by atoms with van der Waals surface area (Å²) < 4.78 is 6.65. The number of ether oxygens (including phenoxy) is 1. The van der Waals surface area contributed by atoms with E-state index in [0.29, 0.717) is 0 Å². The van der Waals surface area contributed by atoms with Crippen LogP contribution in [-0.4, -0.2) is 7.11 Å². The quantitative estimate of drug-likeness (QED) is 0.775. The van der Waals surface area contributed by atoms with E-state index in [1.807, 2.05) is 0 Å². The minimum Gasteiger partial charge on any atom is -0.496 e. The van der Waals surface area contributed by atoms with Crippen molar-refractivity contribution >= 4 is 15.9 Å². The Hall–Kier alpha value is -0.540. The van der Waals surface area contributed by atoms with Gasteiger partial charge in [0, 0.05) is 16.1 Å². The second-order valence-electron chi connectivity index (χ2n) is 4.85. The maximum Gasteiger partial charge on any atom is 0.126 e. The number of benzene rings is 1. The van der Waals surface area contributed by atoms with Crippen LogP contribution in [0.15, 0.2) is 10.5 Å². The van der Waals surface area contributed by atoms with Crippen LogP contribution in [0.25, 0.3) is 0 Å². The number of hydrogen-bond donors (Lipinski definition) is 1. The van der Waals surface area contributed by atoms with E-state index >= 15 is 0 Å². The van der Waals surface area contributed by atoms with Gasteiger partial charge in [0.1, 0.15) is 5.75 Å². The van der Waals surface area contributed by atoms with Crippen LogP contribution in [0, 0.1) is 13.8 Å². The van der Waals surface area contributed by atoms with Crippen molar-refractivity contribution in [2.75, 3.05) is 7.11 Å². The van der Waals surface area contributed by atoms with Gasteiger partial charge in [0.25, 0.3) is 0 Å². The first-order valence-corrected chi connectivity index (χ1v) is 7.41. The largest absolute Gasteiger partial charge is 0.496 e. The van der Waals surface area contributed by atoms with Gasteiger partial charge in [-0.2, -0.15) is 0 Å². The molecule has 1 aromatic rings. The van der Waals surface area contributed by atoms with Crippen molar-refractivity contribution in [1.82, 2.24) is 0 Å². The second-order valence-corrected chi connectivity index (χ2v) is 5.70. The van der Waals surface area contributed by atoms with Crippen LogP contribution >= 0.6 is 15.9 Å². The van der Waals surface area contributed by atoms with Crippen LogP contribution in [0.2, 0.25) is 0 Å². The van der Waals surface area contributed by atoms with Crippen molar-refractivity contribution in [1.29, 1.82) is 0 Å². The summed E-state index contributed by atoms with van der Waals surface area (Å²) in [6.07, 6.45) is 4.65. The van der Waals surface area contributed by atoms with E-state index in [9.17, 15) is 0 Å². The molecule has 1 rings (SSSR count). The molecule has 0 aliphatic carbocycles. The monoisotopic (exact) mass is 313 g/mol. The van der Waals surface area contributed by atoms with Gasteiger partial charge in [-0.3, -0.25) is 0 Å². The summed E-state index contributed by atoms with van der Waals surface area (Å²) in [5.41, 5.74) is 9.83. The number of rotatable bonds is 6. The SMILES string of the molecule is CCCCCC(N)c1c(C)c(Br)cc(C)c1OC. The van der Waals surface area contributed by atoms with Crippen LogP contribution in [0.4, 0.5) is 0 Å². The van der Waals surface area contributed by atoms with E-state index in [-0.39, 0.29) is 6.04 Å². The summed E-state index contributed by atoms with van der Waals surface area (Å²) in [6.45, 7) is 6.37. The Morgan fingerprint density at radius 1 is 1.33 bits per heavy atom. The molecule has 1 unspecified atom stereocenters. The fraction of sp³-hybridized carbons (Fsp3) is 0.600. The lowest BCUT2D eigenvalue weighted by molar-refractivity contribution is 0.399. The molecule has 0 amide bonds. The van der Waals surface area contributed by atoms with Gasteiger partial charge in [0.05, 0.1) is 7.11 Å². The Bertz CT molecular complexity index is 404. The molecular formula is C15H24BrNO. The van der Waals surface area contributed by atoms with Gasteiger partial charge in [-0.25, -0.2) is 0 Å². The number of aryl methyl sites for hydroxylation is 1. The topological polar surface area (TPSA) is 35.2 Å². The second kappa shape index (κ2) is 7.15. The fourth-order valence-corrected chi connectivity index (χ4v) is 2.91. The van der Waals surface area contributed by atoms with Crippen molar-refractivity contribution in [2.45, 2.75) is 52.5 Å². The molecule has 0 aromatic heterocycles. The van der Waals surface area contributed by atoms with Gasteiger partial charge in [-0.05, 0) is 37.5 Å². The molecule has 0 bridgehead atoms. The Morgan fingerprint density at radius 3 is 2.56 bits per heavy atom. The highest BCUT2D eigenvalue weighted by atomic mass is 79.9. The predicted octanol–water partition coefficient (Wildman–Crippen LogP) is 4.65. The van der Waals surface area contributed by atoms with Crippen LogP contribution in [-0.2, 0) is 0 Å². The van der Waals surface area contributed by atoms with Gasteiger partial charge in [0.15, 0.2) is 0 Å². The molecule has 0 aliphatic heterocycles. The zero-order valence-corrected chi connectivity index (χ0v) is 13.4. The molecule has 18 heavy (non-hydrogen) atoms. The molecule has 0 heterocycles. The summed E-state index contributed by atoms with van der Waals surface area (Å²) in [5.74, 6) is 0.944.